The van der Waals surface area contributed by atoms with E-state index in [1.54, 1.807) is 0 Å². The number of amidine groups is 2. The maximum absolute atomic E-state index is 8.50. The third-order valence-corrected chi connectivity index (χ3v) is 2.16. The molecule has 0 atom stereocenters. The second kappa shape index (κ2) is 5.31. The number of hydrogen-bond acceptors (Lipinski definition) is 4. The first-order chi connectivity index (χ1) is 6.44. The van der Waals surface area contributed by atoms with Gasteiger partial charge < -0.3 is 21.9 Å². The van der Waals surface area contributed by atoms with E-state index in [1.807, 2.05) is 13.8 Å². The van der Waals surface area contributed by atoms with E-state index in [1.165, 1.54) is 0 Å². The van der Waals surface area contributed by atoms with Crippen LogP contribution in [0.5, 0.6) is 0 Å². The smallest absolute Gasteiger partial charge is 0.144 e. The average Bonchev–Trinajstić information content (AvgIpc) is 2.15. The van der Waals surface area contributed by atoms with Gasteiger partial charge >= 0.3 is 0 Å². The van der Waals surface area contributed by atoms with Crippen molar-refractivity contribution in [1.29, 1.82) is 0 Å². The average molecular weight is 202 g/mol. The molecule has 0 saturated heterocycles. The van der Waals surface area contributed by atoms with Crippen LogP contribution in [0.4, 0.5) is 0 Å². The molecule has 82 valence electrons. The highest BCUT2D eigenvalue weighted by atomic mass is 16.4. The SMILES string of the molecule is CC(C)(CCC/C(N)=N/O)/C(N)=N/O. The number of oxime groups is 2. The molecule has 0 aromatic rings. The highest BCUT2D eigenvalue weighted by molar-refractivity contribution is 5.85. The Labute approximate surface area is 83.3 Å². The summed E-state index contributed by atoms with van der Waals surface area (Å²) >= 11 is 0. The van der Waals surface area contributed by atoms with Crippen molar-refractivity contribution in [2.75, 3.05) is 0 Å². The molecule has 0 aromatic carbocycles. The van der Waals surface area contributed by atoms with Crippen LogP contribution in [0, 0.1) is 5.41 Å². The Balaban J connectivity index is 4.01. The first kappa shape index (κ1) is 12.5. The van der Waals surface area contributed by atoms with E-state index < -0.39 is 0 Å². The minimum Gasteiger partial charge on any atom is -0.409 e. The van der Waals surface area contributed by atoms with Gasteiger partial charge in [0.05, 0.1) is 0 Å². The molecule has 0 radical (unpaired) electrons. The summed E-state index contributed by atoms with van der Waals surface area (Å²) in [6.45, 7) is 3.74. The van der Waals surface area contributed by atoms with Gasteiger partial charge in [-0.05, 0) is 12.8 Å². The van der Waals surface area contributed by atoms with Crippen LogP contribution in [0.2, 0.25) is 0 Å². The lowest BCUT2D eigenvalue weighted by Crippen LogP contribution is -2.32. The van der Waals surface area contributed by atoms with Gasteiger partial charge in [-0.25, -0.2) is 0 Å². The number of rotatable bonds is 5. The number of nitrogens with two attached hydrogens (primary N) is 2. The fraction of sp³-hybridized carbons (Fsp3) is 0.750. The van der Waals surface area contributed by atoms with E-state index in [2.05, 4.69) is 10.3 Å². The summed E-state index contributed by atoms with van der Waals surface area (Å²) in [5.74, 6) is 0.386. The molecule has 0 unspecified atom stereocenters. The molecule has 0 aromatic heterocycles. The molecule has 6 nitrogen and oxygen atoms in total. The Hall–Kier alpha value is -1.46. The summed E-state index contributed by atoms with van der Waals surface area (Å²) in [5.41, 5.74) is 10.4. The normalized spacial score (nSPS) is 14.4. The lowest BCUT2D eigenvalue weighted by Gasteiger charge is -2.22. The lowest BCUT2D eigenvalue weighted by molar-refractivity contribution is 0.304. The van der Waals surface area contributed by atoms with Gasteiger partial charge in [0.15, 0.2) is 0 Å². The Morgan fingerprint density at radius 1 is 1.21 bits per heavy atom. The van der Waals surface area contributed by atoms with Crippen LogP contribution >= 0.6 is 0 Å². The lowest BCUT2D eigenvalue weighted by atomic mass is 9.86. The second-order valence-electron chi connectivity index (χ2n) is 3.81. The molecule has 0 aliphatic heterocycles. The fourth-order valence-electron chi connectivity index (χ4n) is 1.02. The highest BCUT2D eigenvalue weighted by Crippen LogP contribution is 2.23. The summed E-state index contributed by atoms with van der Waals surface area (Å²) < 4.78 is 0. The summed E-state index contributed by atoms with van der Waals surface area (Å²) in [5, 5.41) is 22.6. The van der Waals surface area contributed by atoms with E-state index in [0.29, 0.717) is 12.8 Å². The van der Waals surface area contributed by atoms with Gasteiger partial charge in [-0.2, -0.15) is 0 Å². The van der Waals surface area contributed by atoms with Crippen molar-refractivity contribution in [1.82, 2.24) is 0 Å². The summed E-state index contributed by atoms with van der Waals surface area (Å²) in [4.78, 5) is 0. The Bertz CT molecular complexity index is 235. The molecule has 6 N–H and O–H groups in total. The molecule has 0 bridgehead atoms. The molecule has 0 rings (SSSR count). The van der Waals surface area contributed by atoms with Crippen molar-refractivity contribution < 1.29 is 10.4 Å². The maximum Gasteiger partial charge on any atom is 0.144 e. The predicted octanol–water partition coefficient (Wildman–Crippen LogP) is 0.676. The Morgan fingerprint density at radius 3 is 2.21 bits per heavy atom. The summed E-state index contributed by atoms with van der Waals surface area (Å²) in [6, 6.07) is 0. The van der Waals surface area contributed by atoms with Crippen LogP contribution in [0.15, 0.2) is 10.3 Å². The zero-order valence-corrected chi connectivity index (χ0v) is 8.56. The van der Waals surface area contributed by atoms with E-state index >= 15 is 0 Å². The minimum atomic E-state index is -0.371. The topological polar surface area (TPSA) is 117 Å². The Kier molecular flexibility index (Phi) is 4.76. The molecule has 0 amide bonds. The third-order valence-electron chi connectivity index (χ3n) is 2.16. The zero-order valence-electron chi connectivity index (χ0n) is 8.56. The van der Waals surface area contributed by atoms with Crippen molar-refractivity contribution in [2.24, 2.45) is 27.2 Å². The quantitative estimate of drug-likeness (QED) is 0.227. The zero-order chi connectivity index (χ0) is 11.2. The largest absolute Gasteiger partial charge is 0.409 e. The summed E-state index contributed by atoms with van der Waals surface area (Å²) in [6.07, 6.45) is 1.93. The molecular formula is C8H18N4O2. The molecular weight excluding hydrogens is 184 g/mol. The number of nitrogens with zero attached hydrogens (tertiary/aromatic N) is 2. The number of hydrogen-bond donors (Lipinski definition) is 4. The molecule has 6 heteroatoms. The minimum absolute atomic E-state index is 0.192. The van der Waals surface area contributed by atoms with Crippen molar-refractivity contribution in [3.8, 4) is 0 Å². The van der Waals surface area contributed by atoms with Gasteiger partial charge in [-0.15, -0.1) is 0 Å². The standard InChI is InChI=1S/C8H18N4O2/c1-8(2,7(10)12-14)5-3-4-6(9)11-13/h13-14H,3-5H2,1-2H3,(H2,9,11)(H2,10,12). The highest BCUT2D eigenvalue weighted by Gasteiger charge is 2.22. The summed E-state index contributed by atoms with van der Waals surface area (Å²) in [7, 11) is 0. The van der Waals surface area contributed by atoms with Crippen molar-refractivity contribution >= 4 is 11.7 Å². The fourth-order valence-corrected chi connectivity index (χ4v) is 1.02. The van der Waals surface area contributed by atoms with Crippen LogP contribution in [0.1, 0.15) is 33.1 Å². The molecule has 14 heavy (non-hydrogen) atoms. The third kappa shape index (κ3) is 3.97. The van der Waals surface area contributed by atoms with Gasteiger partial charge in [-0.3, -0.25) is 0 Å². The van der Waals surface area contributed by atoms with Crippen molar-refractivity contribution in [3.63, 3.8) is 0 Å². The van der Waals surface area contributed by atoms with Crippen LogP contribution in [0.25, 0.3) is 0 Å². The van der Waals surface area contributed by atoms with Gasteiger partial charge in [-0.1, -0.05) is 24.2 Å². The van der Waals surface area contributed by atoms with Crippen molar-refractivity contribution in [2.45, 2.75) is 33.1 Å². The second-order valence-corrected chi connectivity index (χ2v) is 3.81. The van der Waals surface area contributed by atoms with Gasteiger partial charge in [0.2, 0.25) is 0 Å². The first-order valence-electron chi connectivity index (χ1n) is 4.38. The molecule has 0 heterocycles. The van der Waals surface area contributed by atoms with Crippen molar-refractivity contribution in [3.05, 3.63) is 0 Å². The van der Waals surface area contributed by atoms with Crippen LogP contribution in [-0.4, -0.2) is 22.1 Å². The first-order valence-corrected chi connectivity index (χ1v) is 4.38. The molecule has 0 spiro atoms. The van der Waals surface area contributed by atoms with Crippen LogP contribution < -0.4 is 11.5 Å². The monoisotopic (exact) mass is 202 g/mol. The molecule has 0 aliphatic carbocycles. The van der Waals surface area contributed by atoms with E-state index in [4.69, 9.17) is 21.9 Å². The van der Waals surface area contributed by atoms with Gasteiger partial charge in [0.1, 0.15) is 11.7 Å². The Morgan fingerprint density at radius 2 is 1.79 bits per heavy atom. The van der Waals surface area contributed by atoms with E-state index in [-0.39, 0.29) is 17.1 Å². The molecule has 0 saturated carbocycles. The van der Waals surface area contributed by atoms with Gasteiger partial charge in [0, 0.05) is 11.8 Å². The van der Waals surface area contributed by atoms with Crippen LogP contribution in [-0.2, 0) is 0 Å². The predicted molar refractivity (Wildman–Crippen MR) is 54.4 cm³/mol. The maximum atomic E-state index is 8.50. The van der Waals surface area contributed by atoms with Gasteiger partial charge in [0.25, 0.3) is 0 Å². The molecule has 0 fully saturated rings. The van der Waals surface area contributed by atoms with Crippen LogP contribution in [0.3, 0.4) is 0 Å². The molecule has 0 aliphatic rings. The van der Waals surface area contributed by atoms with E-state index in [0.717, 1.165) is 6.42 Å². The van der Waals surface area contributed by atoms with E-state index in [9.17, 15) is 0 Å².